The molecule has 3 fully saturated rings. The van der Waals surface area contributed by atoms with Crippen molar-refractivity contribution in [3.8, 4) is 0 Å². The lowest BCUT2D eigenvalue weighted by Gasteiger charge is -2.66. The minimum absolute atomic E-state index is 0.122. The number of benzene rings is 2. The van der Waals surface area contributed by atoms with Gasteiger partial charge in [0.1, 0.15) is 0 Å². The molecule has 4 nitrogen and oxygen atoms in total. The van der Waals surface area contributed by atoms with Gasteiger partial charge in [-0.05, 0) is 25.7 Å². The van der Waals surface area contributed by atoms with E-state index < -0.39 is 11.4 Å². The number of hydrogen-bond acceptors (Lipinski definition) is 4. The summed E-state index contributed by atoms with van der Waals surface area (Å²) in [6, 6.07) is 20.0. The molecule has 3 heterocycles. The number of piperidine rings is 2. The van der Waals surface area contributed by atoms with E-state index in [1.807, 2.05) is 60.7 Å². The van der Waals surface area contributed by atoms with Crippen LogP contribution in [0.2, 0.25) is 0 Å². The second kappa shape index (κ2) is 6.96. The Morgan fingerprint density at radius 3 is 1.39 bits per heavy atom. The van der Waals surface area contributed by atoms with E-state index in [0.717, 1.165) is 62.7 Å². The number of aliphatic hydroxyl groups is 2. The minimum Gasteiger partial charge on any atom is -0.370 e. The van der Waals surface area contributed by atoms with Crippen molar-refractivity contribution in [1.29, 1.82) is 0 Å². The van der Waals surface area contributed by atoms with Gasteiger partial charge in [0, 0.05) is 24.2 Å². The topological polar surface area (TPSA) is 46.9 Å². The van der Waals surface area contributed by atoms with Gasteiger partial charge in [-0.3, -0.25) is 9.80 Å². The smallest absolute Gasteiger partial charge is 0.160 e. The van der Waals surface area contributed by atoms with Crippen LogP contribution in [0.3, 0.4) is 0 Å². The Kier molecular flexibility index (Phi) is 4.55. The maximum atomic E-state index is 12.3. The summed E-state index contributed by atoms with van der Waals surface area (Å²) in [5, 5.41) is 24.6. The predicted octanol–water partition coefficient (Wildman–Crippen LogP) is 3.40. The van der Waals surface area contributed by atoms with Crippen LogP contribution < -0.4 is 0 Å². The van der Waals surface area contributed by atoms with Crippen LogP contribution in [0.4, 0.5) is 0 Å². The molecule has 0 amide bonds. The molecule has 0 radical (unpaired) electrons. The first-order valence-corrected chi connectivity index (χ1v) is 10.8. The highest BCUT2D eigenvalue weighted by atomic mass is 16.3. The normalized spacial score (nSPS) is 36.5. The van der Waals surface area contributed by atoms with Gasteiger partial charge < -0.3 is 10.2 Å². The van der Waals surface area contributed by atoms with Crippen molar-refractivity contribution >= 4 is 0 Å². The average Bonchev–Trinajstić information content (AvgIpc) is 2.79. The summed E-state index contributed by atoms with van der Waals surface area (Å²) in [5.74, 6) is 0. The van der Waals surface area contributed by atoms with Gasteiger partial charge in [0.15, 0.2) is 11.4 Å². The van der Waals surface area contributed by atoms with Crippen LogP contribution in [-0.2, 0) is 11.4 Å². The fourth-order valence-corrected chi connectivity index (χ4v) is 5.98. The third kappa shape index (κ3) is 2.52. The van der Waals surface area contributed by atoms with Crippen LogP contribution in [0.5, 0.6) is 0 Å². The van der Waals surface area contributed by atoms with Gasteiger partial charge in [-0.15, -0.1) is 0 Å². The molecule has 3 saturated heterocycles. The molecule has 3 aliphatic heterocycles. The molecule has 4 heteroatoms. The van der Waals surface area contributed by atoms with Gasteiger partial charge in [0.2, 0.25) is 0 Å². The van der Waals surface area contributed by atoms with Gasteiger partial charge >= 0.3 is 0 Å². The number of fused-ring (bicyclic) bond motifs is 2. The lowest BCUT2D eigenvalue weighted by molar-refractivity contribution is -0.328. The monoisotopic (exact) mass is 378 g/mol. The Morgan fingerprint density at radius 2 is 1.00 bits per heavy atom. The van der Waals surface area contributed by atoms with E-state index in [0.29, 0.717) is 0 Å². The zero-order valence-corrected chi connectivity index (χ0v) is 16.4. The predicted molar refractivity (Wildman–Crippen MR) is 109 cm³/mol. The zero-order chi connectivity index (χ0) is 19.2. The molecule has 3 aliphatic rings. The molecular weight excluding hydrogens is 348 g/mol. The van der Waals surface area contributed by atoms with Crippen LogP contribution in [0.1, 0.15) is 49.7 Å². The van der Waals surface area contributed by atoms with E-state index in [-0.39, 0.29) is 12.1 Å². The molecule has 0 saturated carbocycles. The Morgan fingerprint density at radius 1 is 0.607 bits per heavy atom. The number of rotatable bonds is 2. The van der Waals surface area contributed by atoms with Crippen LogP contribution in [0, 0.1) is 0 Å². The zero-order valence-electron chi connectivity index (χ0n) is 16.4. The molecule has 0 bridgehead atoms. The van der Waals surface area contributed by atoms with E-state index in [2.05, 4.69) is 9.80 Å². The first-order valence-electron chi connectivity index (χ1n) is 10.8. The second-order valence-corrected chi connectivity index (χ2v) is 8.59. The van der Waals surface area contributed by atoms with Gasteiger partial charge in [0.25, 0.3) is 0 Å². The third-order valence-corrected chi connectivity index (χ3v) is 7.21. The molecule has 2 aromatic carbocycles. The Balaban J connectivity index is 1.70. The number of hydrogen-bond donors (Lipinski definition) is 2. The summed E-state index contributed by atoms with van der Waals surface area (Å²) in [5.41, 5.74) is -0.218. The molecule has 0 spiro atoms. The third-order valence-electron chi connectivity index (χ3n) is 7.21. The summed E-state index contributed by atoms with van der Waals surface area (Å²) < 4.78 is 0. The molecule has 2 N–H and O–H groups in total. The highest BCUT2D eigenvalue weighted by Crippen LogP contribution is 2.52. The minimum atomic E-state index is -1.06. The van der Waals surface area contributed by atoms with Crippen molar-refractivity contribution in [2.24, 2.45) is 0 Å². The van der Waals surface area contributed by atoms with E-state index in [1.165, 1.54) is 0 Å². The van der Waals surface area contributed by atoms with Gasteiger partial charge in [-0.1, -0.05) is 73.5 Å². The number of piperazine rings is 1. The van der Waals surface area contributed by atoms with Crippen molar-refractivity contribution in [3.63, 3.8) is 0 Å². The van der Waals surface area contributed by atoms with Gasteiger partial charge in [0.05, 0.1) is 12.1 Å². The van der Waals surface area contributed by atoms with E-state index >= 15 is 0 Å². The fraction of sp³-hybridized carbons (Fsp3) is 0.500. The SMILES string of the molecule is OC1(c2ccccc2)C2CCCCN2C(O)(c2ccccc2)C2CCCCN21. The molecule has 0 aliphatic carbocycles. The lowest BCUT2D eigenvalue weighted by atomic mass is 9.73. The van der Waals surface area contributed by atoms with E-state index in [9.17, 15) is 10.2 Å². The first kappa shape index (κ1) is 18.3. The molecule has 0 aromatic heterocycles. The molecule has 2 aromatic rings. The van der Waals surface area contributed by atoms with Crippen LogP contribution in [0.25, 0.3) is 0 Å². The van der Waals surface area contributed by atoms with Crippen LogP contribution in [0.15, 0.2) is 60.7 Å². The second-order valence-electron chi connectivity index (χ2n) is 8.59. The van der Waals surface area contributed by atoms with Crippen molar-refractivity contribution in [1.82, 2.24) is 9.80 Å². The highest BCUT2D eigenvalue weighted by Gasteiger charge is 2.63. The molecule has 28 heavy (non-hydrogen) atoms. The molecule has 5 rings (SSSR count). The highest BCUT2D eigenvalue weighted by molar-refractivity contribution is 5.32. The summed E-state index contributed by atoms with van der Waals surface area (Å²) in [6.45, 7) is 1.63. The average molecular weight is 379 g/mol. The standard InChI is InChI=1S/C24H30N2O2/c27-23(19-11-3-1-4-12-19)21-15-7-10-18-26(21)24(28,20-13-5-2-6-14-20)22-16-8-9-17-25(22)23/h1-6,11-14,21-22,27-28H,7-10,15-18H2. The number of nitrogens with zero attached hydrogens (tertiary/aromatic N) is 2. The first-order chi connectivity index (χ1) is 13.7. The van der Waals surface area contributed by atoms with Crippen molar-refractivity contribution < 1.29 is 10.2 Å². The van der Waals surface area contributed by atoms with E-state index in [4.69, 9.17) is 0 Å². The largest absolute Gasteiger partial charge is 0.370 e. The lowest BCUT2D eigenvalue weighted by Crippen LogP contribution is -2.78. The van der Waals surface area contributed by atoms with Gasteiger partial charge in [-0.25, -0.2) is 0 Å². The Hall–Kier alpha value is -1.72. The maximum absolute atomic E-state index is 12.3. The summed E-state index contributed by atoms with van der Waals surface area (Å²) in [6.07, 6.45) is 6.07. The molecule has 4 unspecified atom stereocenters. The molecule has 4 atom stereocenters. The van der Waals surface area contributed by atoms with Crippen LogP contribution in [-0.4, -0.2) is 45.2 Å². The Labute approximate surface area is 167 Å². The quantitative estimate of drug-likeness (QED) is 0.841. The fourth-order valence-electron chi connectivity index (χ4n) is 5.98. The maximum Gasteiger partial charge on any atom is 0.160 e. The van der Waals surface area contributed by atoms with Crippen molar-refractivity contribution in [2.75, 3.05) is 13.1 Å². The molecule has 148 valence electrons. The van der Waals surface area contributed by atoms with Crippen molar-refractivity contribution in [2.45, 2.75) is 62.1 Å². The summed E-state index contributed by atoms with van der Waals surface area (Å²) in [7, 11) is 0. The summed E-state index contributed by atoms with van der Waals surface area (Å²) >= 11 is 0. The Bertz CT molecular complexity index is 716. The summed E-state index contributed by atoms with van der Waals surface area (Å²) in [4.78, 5) is 4.46. The van der Waals surface area contributed by atoms with Gasteiger partial charge in [-0.2, -0.15) is 0 Å². The van der Waals surface area contributed by atoms with Crippen molar-refractivity contribution in [3.05, 3.63) is 71.8 Å². The van der Waals surface area contributed by atoms with Crippen LogP contribution >= 0.6 is 0 Å². The molecular formula is C24H30N2O2. The van der Waals surface area contributed by atoms with E-state index in [1.54, 1.807) is 0 Å².